The highest BCUT2D eigenvalue weighted by Crippen LogP contribution is 2.35. The van der Waals surface area contributed by atoms with Crippen LogP contribution in [0, 0.1) is 5.92 Å². The molecule has 17 heavy (non-hydrogen) atoms. The van der Waals surface area contributed by atoms with E-state index < -0.39 is 0 Å². The summed E-state index contributed by atoms with van der Waals surface area (Å²) in [6, 6.07) is 0. The quantitative estimate of drug-likeness (QED) is 0.815. The first kappa shape index (κ1) is 12.9. The monoisotopic (exact) mass is 237 g/mol. The van der Waals surface area contributed by atoms with Gasteiger partial charge in [0.1, 0.15) is 0 Å². The first-order valence-electron chi connectivity index (χ1n) is 7.07. The van der Waals surface area contributed by atoms with E-state index >= 15 is 0 Å². The molecule has 1 saturated carbocycles. The third-order valence-corrected chi connectivity index (χ3v) is 4.51. The van der Waals surface area contributed by atoms with Gasteiger partial charge in [-0.05, 0) is 39.3 Å². The van der Waals surface area contributed by atoms with Crippen LogP contribution in [-0.2, 0) is 0 Å². The lowest BCUT2D eigenvalue weighted by Gasteiger charge is -2.45. The lowest BCUT2D eigenvalue weighted by Crippen LogP contribution is -2.54. The molecule has 2 aliphatic rings. The molecule has 0 saturated heterocycles. The van der Waals surface area contributed by atoms with Gasteiger partial charge in [0.25, 0.3) is 0 Å². The Labute approximate surface area is 106 Å². The van der Waals surface area contributed by atoms with Crippen LogP contribution in [-0.4, -0.2) is 43.5 Å². The molecule has 1 aliphatic heterocycles. The first-order chi connectivity index (χ1) is 8.12. The van der Waals surface area contributed by atoms with Gasteiger partial charge in [0, 0.05) is 25.0 Å². The van der Waals surface area contributed by atoms with Gasteiger partial charge in [-0.1, -0.05) is 19.8 Å². The number of nitrogens with one attached hydrogen (secondary N) is 1. The minimum Gasteiger partial charge on any atom is -0.372 e. The van der Waals surface area contributed by atoms with Crippen LogP contribution in [0.5, 0.6) is 0 Å². The number of hydrogen-bond acceptors (Lipinski definition) is 3. The van der Waals surface area contributed by atoms with E-state index in [1.807, 2.05) is 0 Å². The van der Waals surface area contributed by atoms with Gasteiger partial charge >= 0.3 is 0 Å². The summed E-state index contributed by atoms with van der Waals surface area (Å²) in [5.74, 6) is 2.10. The van der Waals surface area contributed by atoms with Crippen LogP contribution in [0.1, 0.15) is 45.4 Å². The molecule has 3 nitrogen and oxygen atoms in total. The second-order valence-electron chi connectivity index (χ2n) is 6.11. The van der Waals surface area contributed by atoms with E-state index in [1.165, 1.54) is 37.9 Å². The van der Waals surface area contributed by atoms with Crippen LogP contribution >= 0.6 is 0 Å². The number of amidine groups is 1. The van der Waals surface area contributed by atoms with Gasteiger partial charge in [-0.15, -0.1) is 0 Å². The molecule has 3 heteroatoms. The molecule has 0 aromatic carbocycles. The van der Waals surface area contributed by atoms with Crippen molar-refractivity contribution in [2.75, 3.05) is 27.2 Å². The summed E-state index contributed by atoms with van der Waals surface area (Å²) < 4.78 is 0. The van der Waals surface area contributed by atoms with Crippen molar-refractivity contribution in [2.24, 2.45) is 10.9 Å². The minimum atomic E-state index is 0.350. The fraction of sp³-hybridized carbons (Fsp3) is 0.929. The zero-order valence-corrected chi connectivity index (χ0v) is 11.6. The van der Waals surface area contributed by atoms with Crippen LogP contribution in [0.2, 0.25) is 0 Å². The molecule has 0 amide bonds. The van der Waals surface area contributed by atoms with Gasteiger partial charge in [0.15, 0.2) is 0 Å². The number of nitrogens with zero attached hydrogens (tertiary/aromatic N) is 2. The van der Waals surface area contributed by atoms with E-state index in [-0.39, 0.29) is 0 Å². The zero-order chi connectivity index (χ0) is 12.3. The summed E-state index contributed by atoms with van der Waals surface area (Å²) in [5, 5.41) is 3.60. The maximum absolute atomic E-state index is 4.52. The molecule has 0 spiro atoms. The van der Waals surface area contributed by atoms with Crippen molar-refractivity contribution in [3.63, 3.8) is 0 Å². The third-order valence-electron chi connectivity index (χ3n) is 4.51. The Morgan fingerprint density at radius 3 is 2.82 bits per heavy atom. The minimum absolute atomic E-state index is 0.350. The molecule has 0 radical (unpaired) electrons. The second-order valence-corrected chi connectivity index (χ2v) is 6.11. The number of rotatable bonds is 3. The Hall–Kier alpha value is -0.570. The molecule has 0 bridgehead atoms. The number of likely N-dealkylation sites (N-methyl/N-ethyl adjacent to an activating group) is 1. The van der Waals surface area contributed by atoms with E-state index in [4.69, 9.17) is 0 Å². The molecule has 0 aromatic rings. The van der Waals surface area contributed by atoms with E-state index in [1.54, 1.807) is 0 Å². The summed E-state index contributed by atoms with van der Waals surface area (Å²) in [6.07, 6.45) is 7.79. The third kappa shape index (κ3) is 3.01. The zero-order valence-electron chi connectivity index (χ0n) is 11.6. The highest BCUT2D eigenvalue weighted by atomic mass is 15.2. The predicted octanol–water partition coefficient (Wildman–Crippen LogP) is 2.28. The highest BCUT2D eigenvalue weighted by Gasteiger charge is 2.36. The van der Waals surface area contributed by atoms with Crippen LogP contribution in [0.25, 0.3) is 0 Å². The molecular formula is C14H27N3. The van der Waals surface area contributed by atoms with Gasteiger partial charge in [-0.25, -0.2) is 0 Å². The molecule has 2 atom stereocenters. The summed E-state index contributed by atoms with van der Waals surface area (Å²) in [7, 11) is 4.46. The van der Waals surface area contributed by atoms with Crippen LogP contribution < -0.4 is 5.32 Å². The van der Waals surface area contributed by atoms with Gasteiger partial charge in [0.2, 0.25) is 0 Å². The van der Waals surface area contributed by atoms with Crippen molar-refractivity contribution in [2.45, 2.75) is 51.0 Å². The van der Waals surface area contributed by atoms with Gasteiger partial charge in [0.05, 0.1) is 5.84 Å². The van der Waals surface area contributed by atoms with Crippen molar-refractivity contribution in [3.8, 4) is 0 Å². The van der Waals surface area contributed by atoms with Crippen molar-refractivity contribution in [3.05, 3.63) is 0 Å². The van der Waals surface area contributed by atoms with E-state index in [2.05, 4.69) is 36.2 Å². The lowest BCUT2D eigenvalue weighted by molar-refractivity contribution is 0.0797. The van der Waals surface area contributed by atoms with Gasteiger partial charge < -0.3 is 10.2 Å². The summed E-state index contributed by atoms with van der Waals surface area (Å²) in [5.41, 5.74) is 0.350. The second kappa shape index (κ2) is 5.38. The van der Waals surface area contributed by atoms with E-state index in [0.29, 0.717) is 5.54 Å². The normalized spacial score (nSPS) is 33.9. The molecule has 1 fully saturated rings. The summed E-state index contributed by atoms with van der Waals surface area (Å²) in [6.45, 7) is 4.49. The molecule has 0 aromatic heterocycles. The van der Waals surface area contributed by atoms with Crippen LogP contribution in [0.15, 0.2) is 4.99 Å². The number of hydrogen-bond donors (Lipinski definition) is 1. The standard InChI is InChI=1S/C14H27N3/c1-12-6-4-8-14(10-12,17(2)3)11-16-13-7-5-9-15-13/h12H,4-11H2,1-3H3,(H,15,16). The van der Waals surface area contributed by atoms with Crippen LogP contribution in [0.3, 0.4) is 0 Å². The Bertz CT molecular complexity index is 285. The summed E-state index contributed by atoms with van der Waals surface area (Å²) >= 11 is 0. The Morgan fingerprint density at radius 1 is 1.41 bits per heavy atom. The maximum Gasteiger partial charge on any atom is 0.0964 e. The maximum atomic E-state index is 4.52. The smallest absolute Gasteiger partial charge is 0.0964 e. The molecular weight excluding hydrogens is 210 g/mol. The molecule has 2 unspecified atom stereocenters. The average Bonchev–Trinajstić information content (AvgIpc) is 2.79. The van der Waals surface area contributed by atoms with Gasteiger partial charge in [-0.3, -0.25) is 4.99 Å². The Kier molecular flexibility index (Phi) is 4.08. The largest absolute Gasteiger partial charge is 0.372 e. The lowest BCUT2D eigenvalue weighted by atomic mass is 9.75. The highest BCUT2D eigenvalue weighted by molar-refractivity contribution is 5.83. The van der Waals surface area contributed by atoms with Crippen molar-refractivity contribution < 1.29 is 0 Å². The predicted molar refractivity (Wildman–Crippen MR) is 73.6 cm³/mol. The van der Waals surface area contributed by atoms with Crippen molar-refractivity contribution >= 4 is 5.84 Å². The van der Waals surface area contributed by atoms with Gasteiger partial charge in [-0.2, -0.15) is 0 Å². The summed E-state index contributed by atoms with van der Waals surface area (Å²) in [4.78, 5) is 6.95. The average molecular weight is 237 g/mol. The number of aliphatic imine (C=N–C) groups is 1. The molecule has 1 heterocycles. The van der Waals surface area contributed by atoms with Crippen LogP contribution in [0.4, 0.5) is 0 Å². The van der Waals surface area contributed by atoms with Crippen molar-refractivity contribution in [1.29, 1.82) is 0 Å². The molecule has 1 aliphatic carbocycles. The molecule has 1 N–H and O–H groups in total. The van der Waals surface area contributed by atoms with Crippen molar-refractivity contribution in [1.82, 2.24) is 10.2 Å². The molecule has 2 rings (SSSR count). The van der Waals surface area contributed by atoms with E-state index in [0.717, 1.165) is 25.4 Å². The Morgan fingerprint density at radius 2 is 2.24 bits per heavy atom. The fourth-order valence-electron chi connectivity index (χ4n) is 3.31. The SMILES string of the molecule is CC1CCCC(CNC2=NCCC2)(N(C)C)C1. The van der Waals surface area contributed by atoms with E-state index in [9.17, 15) is 0 Å². The molecule has 98 valence electrons. The fourth-order valence-corrected chi connectivity index (χ4v) is 3.31. The Balaban J connectivity index is 1.95. The first-order valence-corrected chi connectivity index (χ1v) is 7.07. The topological polar surface area (TPSA) is 27.6 Å².